The molecule has 2 fully saturated rings. The maximum Gasteiger partial charge on any atom is 0.231 e. The van der Waals surface area contributed by atoms with Crippen molar-refractivity contribution in [2.75, 3.05) is 31.6 Å². The molecular weight excluding hydrogens is 312 g/mol. The highest BCUT2D eigenvalue weighted by Crippen LogP contribution is 2.50. The fourth-order valence-corrected chi connectivity index (χ4v) is 4.30. The molecule has 5 heteroatoms. The molecule has 4 rings (SSSR count). The highest BCUT2D eigenvalue weighted by Gasteiger charge is 2.56. The van der Waals surface area contributed by atoms with Crippen LogP contribution in [0.3, 0.4) is 0 Å². The van der Waals surface area contributed by atoms with Crippen LogP contribution in [-0.4, -0.2) is 42.5 Å². The number of nitrogens with zero attached hydrogens (tertiary/aromatic N) is 4. The van der Waals surface area contributed by atoms with Gasteiger partial charge >= 0.3 is 0 Å². The largest absolute Gasteiger partial charge is 0.355 e. The van der Waals surface area contributed by atoms with Crippen molar-refractivity contribution < 1.29 is 4.79 Å². The van der Waals surface area contributed by atoms with Crippen molar-refractivity contribution in [2.45, 2.75) is 12.3 Å². The van der Waals surface area contributed by atoms with Gasteiger partial charge in [0.1, 0.15) is 11.9 Å². The van der Waals surface area contributed by atoms with E-state index in [-0.39, 0.29) is 17.2 Å². The molecule has 0 unspecified atom stereocenters. The van der Waals surface area contributed by atoms with Gasteiger partial charge in [0.15, 0.2) is 0 Å². The van der Waals surface area contributed by atoms with Crippen LogP contribution >= 0.6 is 0 Å². The zero-order valence-electron chi connectivity index (χ0n) is 14.2. The van der Waals surface area contributed by atoms with E-state index in [1.807, 2.05) is 36.2 Å². The summed E-state index contributed by atoms with van der Waals surface area (Å²) in [7, 11) is 1.90. The monoisotopic (exact) mass is 332 g/mol. The Morgan fingerprint density at radius 1 is 1.24 bits per heavy atom. The van der Waals surface area contributed by atoms with Crippen LogP contribution < -0.4 is 4.90 Å². The average Bonchev–Trinajstić information content (AvgIpc) is 3.21. The number of amides is 1. The summed E-state index contributed by atoms with van der Waals surface area (Å²) in [4.78, 5) is 21.5. The first kappa shape index (κ1) is 15.6. The van der Waals surface area contributed by atoms with E-state index in [9.17, 15) is 4.79 Å². The molecule has 0 aliphatic carbocycles. The van der Waals surface area contributed by atoms with Gasteiger partial charge in [0.25, 0.3) is 0 Å². The zero-order valence-corrected chi connectivity index (χ0v) is 14.2. The Labute approximate surface area is 147 Å². The SMILES string of the molecule is CN1C[C@H](c2ccccc2)[C@@]2(CCN(c3ccc(C#N)cn3)C2)C1=O. The molecule has 2 atom stereocenters. The Hall–Kier alpha value is -2.87. The fraction of sp³-hybridized carbons (Fsp3) is 0.350. The number of aromatic nitrogens is 1. The summed E-state index contributed by atoms with van der Waals surface area (Å²) in [5, 5.41) is 8.93. The maximum atomic E-state index is 13.0. The van der Waals surface area contributed by atoms with E-state index in [2.05, 4.69) is 28.1 Å². The van der Waals surface area contributed by atoms with Gasteiger partial charge < -0.3 is 9.80 Å². The molecule has 2 aromatic rings. The lowest BCUT2D eigenvalue weighted by Gasteiger charge is -2.29. The van der Waals surface area contributed by atoms with E-state index in [1.165, 1.54) is 5.56 Å². The second kappa shape index (κ2) is 5.89. The number of carbonyl (C=O) groups is 1. The predicted molar refractivity (Wildman–Crippen MR) is 95.0 cm³/mol. The van der Waals surface area contributed by atoms with Crippen LogP contribution in [0.15, 0.2) is 48.7 Å². The van der Waals surface area contributed by atoms with Gasteiger partial charge in [0.2, 0.25) is 5.91 Å². The fourth-order valence-electron chi connectivity index (χ4n) is 4.30. The van der Waals surface area contributed by atoms with Gasteiger partial charge in [-0.05, 0) is 24.1 Å². The van der Waals surface area contributed by atoms with E-state index in [1.54, 1.807) is 12.3 Å². The summed E-state index contributed by atoms with van der Waals surface area (Å²) >= 11 is 0. The van der Waals surface area contributed by atoms with Crippen molar-refractivity contribution in [3.63, 3.8) is 0 Å². The highest BCUT2D eigenvalue weighted by atomic mass is 16.2. The number of likely N-dealkylation sites (tertiary alicyclic amines) is 1. The standard InChI is InChI=1S/C20H20N4O/c1-23-13-17(16-5-3-2-4-6-16)20(19(23)25)9-10-24(14-20)18-8-7-15(11-21)12-22-18/h2-8,12,17H,9-10,13-14H2,1H3/t17-,20+/m1/s1. The lowest BCUT2D eigenvalue weighted by atomic mass is 9.73. The molecule has 1 spiro atoms. The van der Waals surface area contributed by atoms with E-state index in [4.69, 9.17) is 5.26 Å². The van der Waals surface area contributed by atoms with Crippen LogP contribution in [0.25, 0.3) is 0 Å². The summed E-state index contributed by atoms with van der Waals surface area (Å²) < 4.78 is 0. The van der Waals surface area contributed by atoms with Crippen molar-refractivity contribution in [1.82, 2.24) is 9.88 Å². The minimum atomic E-state index is -0.383. The maximum absolute atomic E-state index is 13.0. The van der Waals surface area contributed by atoms with E-state index >= 15 is 0 Å². The average molecular weight is 332 g/mol. The van der Waals surface area contributed by atoms with Crippen molar-refractivity contribution in [3.05, 3.63) is 59.8 Å². The molecule has 0 N–H and O–H groups in total. The van der Waals surface area contributed by atoms with Crippen LogP contribution in [-0.2, 0) is 4.79 Å². The number of benzene rings is 1. The molecule has 0 saturated carbocycles. The van der Waals surface area contributed by atoms with E-state index in [0.29, 0.717) is 12.1 Å². The van der Waals surface area contributed by atoms with Crippen LogP contribution in [0.2, 0.25) is 0 Å². The summed E-state index contributed by atoms with van der Waals surface area (Å²) in [6.45, 7) is 2.24. The second-order valence-electron chi connectivity index (χ2n) is 6.99. The third-order valence-corrected chi connectivity index (χ3v) is 5.60. The highest BCUT2D eigenvalue weighted by molar-refractivity contribution is 5.88. The van der Waals surface area contributed by atoms with Crippen LogP contribution in [0.5, 0.6) is 0 Å². The number of carbonyl (C=O) groups excluding carboxylic acids is 1. The first-order valence-corrected chi connectivity index (χ1v) is 8.56. The molecule has 5 nitrogen and oxygen atoms in total. The first-order chi connectivity index (χ1) is 12.1. The molecule has 2 saturated heterocycles. The van der Waals surface area contributed by atoms with Gasteiger partial charge in [-0.1, -0.05) is 30.3 Å². The number of hydrogen-bond acceptors (Lipinski definition) is 4. The van der Waals surface area contributed by atoms with Crippen molar-refractivity contribution in [3.8, 4) is 6.07 Å². The second-order valence-corrected chi connectivity index (χ2v) is 6.99. The van der Waals surface area contributed by atoms with E-state index in [0.717, 1.165) is 25.3 Å². The molecule has 3 heterocycles. The smallest absolute Gasteiger partial charge is 0.231 e. The Morgan fingerprint density at radius 3 is 2.72 bits per heavy atom. The molecule has 25 heavy (non-hydrogen) atoms. The van der Waals surface area contributed by atoms with Gasteiger partial charge in [-0.15, -0.1) is 0 Å². The van der Waals surface area contributed by atoms with Gasteiger partial charge in [-0.3, -0.25) is 4.79 Å². The van der Waals surface area contributed by atoms with Crippen molar-refractivity contribution in [1.29, 1.82) is 5.26 Å². The lowest BCUT2D eigenvalue weighted by Crippen LogP contribution is -2.38. The Morgan fingerprint density at radius 2 is 2.04 bits per heavy atom. The number of pyridine rings is 1. The molecule has 2 aliphatic heterocycles. The summed E-state index contributed by atoms with van der Waals surface area (Å²) in [5.41, 5.74) is 1.40. The van der Waals surface area contributed by atoms with Gasteiger partial charge in [0.05, 0.1) is 11.0 Å². The van der Waals surface area contributed by atoms with E-state index < -0.39 is 0 Å². The third kappa shape index (κ3) is 2.45. The molecule has 0 bridgehead atoms. The van der Waals surface area contributed by atoms with Gasteiger partial charge in [-0.2, -0.15) is 5.26 Å². The molecule has 1 aromatic carbocycles. The minimum absolute atomic E-state index is 0.203. The number of hydrogen-bond donors (Lipinski definition) is 0. The molecule has 1 aromatic heterocycles. The minimum Gasteiger partial charge on any atom is -0.355 e. The van der Waals surface area contributed by atoms with Crippen molar-refractivity contribution >= 4 is 11.7 Å². The van der Waals surface area contributed by atoms with Crippen molar-refractivity contribution in [2.24, 2.45) is 5.41 Å². The number of nitriles is 1. The zero-order chi connectivity index (χ0) is 17.4. The Bertz CT molecular complexity index is 827. The third-order valence-electron chi connectivity index (χ3n) is 5.60. The summed E-state index contributed by atoms with van der Waals surface area (Å²) in [5.74, 6) is 1.28. The quantitative estimate of drug-likeness (QED) is 0.847. The molecule has 1 amide bonds. The van der Waals surface area contributed by atoms with Gasteiger partial charge in [-0.25, -0.2) is 4.98 Å². The predicted octanol–water partition coefficient (Wildman–Crippen LogP) is 2.41. The lowest BCUT2D eigenvalue weighted by molar-refractivity contribution is -0.134. The molecular formula is C20H20N4O. The molecule has 0 radical (unpaired) electrons. The van der Waals surface area contributed by atoms with Crippen LogP contribution in [0.1, 0.15) is 23.5 Å². The Kier molecular flexibility index (Phi) is 3.69. The first-order valence-electron chi connectivity index (χ1n) is 8.56. The number of likely N-dealkylation sites (N-methyl/N-ethyl adjacent to an activating group) is 1. The van der Waals surface area contributed by atoms with Gasteiger partial charge in [0, 0.05) is 38.8 Å². The summed E-state index contributed by atoms with van der Waals surface area (Å²) in [6, 6.07) is 16.1. The number of anilines is 1. The van der Waals surface area contributed by atoms with Crippen LogP contribution in [0.4, 0.5) is 5.82 Å². The Balaban J connectivity index is 1.65. The topological polar surface area (TPSA) is 60.2 Å². The normalized spacial score (nSPS) is 25.6. The summed E-state index contributed by atoms with van der Waals surface area (Å²) in [6.07, 6.45) is 2.43. The molecule has 2 aliphatic rings. The van der Waals surface area contributed by atoms with Crippen LogP contribution in [0, 0.1) is 16.7 Å². The molecule has 126 valence electrons. The number of rotatable bonds is 2.